The van der Waals surface area contributed by atoms with Gasteiger partial charge in [0.05, 0.1) is 0 Å². The van der Waals surface area contributed by atoms with Crippen LogP contribution in [-0.2, 0) is 17.1 Å². The van der Waals surface area contributed by atoms with E-state index in [1.165, 1.54) is 0 Å². The standard InChI is InChI=1S/3CN.Fe.NO.2Na/c3*1-2;;1-2;;/q3*-1;+2;-1;2*+1. The maximum absolute atomic E-state index is 7.25. The predicted molar refractivity (Wildman–Crippen MR) is 21.6 cm³/mol. The Bertz CT molecular complexity index is 61.2. The molecule has 0 spiro atoms. The molecule has 0 fully saturated rings. The molecule has 48 valence electrons. The van der Waals surface area contributed by atoms with Crippen molar-refractivity contribution in [3.8, 4) is 0 Å². The van der Waals surface area contributed by atoms with E-state index in [1.807, 2.05) is 0 Å². The van der Waals surface area contributed by atoms with Crippen LogP contribution in [0.25, 0.3) is 5.59 Å². The molecule has 0 rings (SSSR count). The van der Waals surface area contributed by atoms with Gasteiger partial charge in [0.25, 0.3) is 0 Å². The fourth-order valence-electron chi connectivity index (χ4n) is 0. The van der Waals surface area contributed by atoms with Gasteiger partial charge in [-0.3, -0.25) is 0 Å². The van der Waals surface area contributed by atoms with Crippen LogP contribution < -0.4 is 59.1 Å². The first-order chi connectivity index (χ1) is 4.00. The molecule has 8 heteroatoms. The molecule has 0 aromatic heterocycles. The van der Waals surface area contributed by atoms with Crippen LogP contribution in [0.2, 0.25) is 0 Å². The van der Waals surface area contributed by atoms with Crippen molar-refractivity contribution in [3.05, 3.63) is 30.2 Å². The Labute approximate surface area is 121 Å². The molecule has 5 nitrogen and oxygen atoms in total. The van der Waals surface area contributed by atoms with E-state index in [0.29, 0.717) is 0 Å². The van der Waals surface area contributed by atoms with Gasteiger partial charge in [-0.05, 0) is 0 Å². The van der Waals surface area contributed by atoms with Crippen molar-refractivity contribution in [2.75, 3.05) is 0 Å². The van der Waals surface area contributed by atoms with Gasteiger partial charge in [0.1, 0.15) is 0 Å². The Balaban J connectivity index is -0.00000000356. The Kier molecular flexibility index (Phi) is 15700. The van der Waals surface area contributed by atoms with Gasteiger partial charge in [-0.1, -0.05) is 0 Å². The minimum absolute atomic E-state index is 0. The number of hydrogen-bond donors (Lipinski definition) is 0. The van der Waals surface area contributed by atoms with Gasteiger partial charge in [0.2, 0.25) is 0 Å². The quantitative estimate of drug-likeness (QED) is 0.293. The predicted octanol–water partition coefficient (Wildman–Crippen LogP) is -5.38. The first-order valence-corrected chi connectivity index (χ1v) is 0.853. The van der Waals surface area contributed by atoms with Gasteiger partial charge in [-0.2, -0.15) is 0 Å². The van der Waals surface area contributed by atoms with Crippen LogP contribution in [0.15, 0.2) is 0 Å². The van der Waals surface area contributed by atoms with E-state index in [0.717, 1.165) is 0 Å². The zero-order valence-corrected chi connectivity index (χ0v) is 11.2. The molecule has 0 bridgehead atoms. The third kappa shape index (κ3) is 2250. The normalized spacial score (nSPS) is 0.909. The molecule has 0 heterocycles. The van der Waals surface area contributed by atoms with Gasteiger partial charge >= 0.3 is 76.2 Å². The summed E-state index contributed by atoms with van der Waals surface area (Å²) in [6, 6.07) is 0. The summed E-state index contributed by atoms with van der Waals surface area (Å²) in [6.07, 6.45) is 0. The summed E-state index contributed by atoms with van der Waals surface area (Å²) in [6.45, 7) is 14.2. The van der Waals surface area contributed by atoms with E-state index in [4.69, 9.17) is 46.0 Å². The maximum Gasteiger partial charge on any atom is 2.00 e. The molecule has 11 heavy (non-hydrogen) atoms. The third-order valence-corrected chi connectivity index (χ3v) is 0. The van der Waals surface area contributed by atoms with Crippen LogP contribution in [0.1, 0.15) is 0 Å². The maximum atomic E-state index is 7.25. The van der Waals surface area contributed by atoms with E-state index in [1.54, 1.807) is 0 Å². The SMILES string of the molecule is [C-]#N.[C-]#N.[C-]#N.[Fe+2].[N-]=O.[Na+].[Na+]. The fourth-order valence-corrected chi connectivity index (χ4v) is 0. The number of nitroso groups, excluding NO2 is 1. The smallest absolute Gasteiger partial charge is 0.577 e. The van der Waals surface area contributed by atoms with Crippen LogP contribution in [-0.4, -0.2) is 0 Å². The number of hydrogen-bond acceptors (Lipinski definition) is 4. The second kappa shape index (κ2) is 2800. The molecule has 0 radical (unpaired) electrons. The van der Waals surface area contributed by atoms with E-state index in [2.05, 4.69) is 0 Å². The van der Waals surface area contributed by atoms with Gasteiger partial charge in [-0.25, -0.2) is 0 Å². The van der Waals surface area contributed by atoms with Gasteiger partial charge in [0, 0.05) is 0 Å². The minimum atomic E-state index is 0. The second-order valence-electron chi connectivity index (χ2n) is 0. The number of rotatable bonds is 0. The number of nitrogens with zero attached hydrogens (tertiary/aromatic N) is 4. The van der Waals surface area contributed by atoms with Crippen LogP contribution in [0.5, 0.6) is 0 Å². The van der Waals surface area contributed by atoms with E-state index >= 15 is 0 Å². The molecular weight excluding hydrogens is 210 g/mol. The minimum Gasteiger partial charge on any atom is -0.577 e. The van der Waals surface area contributed by atoms with Gasteiger partial charge in [0.15, 0.2) is 0 Å². The summed E-state index contributed by atoms with van der Waals surface area (Å²) in [7, 11) is 0. The Morgan fingerprint density at radius 1 is 0.727 bits per heavy atom. The molecule has 0 aromatic rings. The summed E-state index contributed by atoms with van der Waals surface area (Å²) in [5.41, 5.74) is 5.75. The third-order valence-electron chi connectivity index (χ3n) is 0. The van der Waals surface area contributed by atoms with Gasteiger partial charge in [-0.15, -0.1) is 0 Å². The van der Waals surface area contributed by atoms with E-state index < -0.39 is 0 Å². The van der Waals surface area contributed by atoms with Crippen molar-refractivity contribution in [1.82, 2.24) is 0 Å². The van der Waals surface area contributed by atoms with Crippen molar-refractivity contribution in [1.29, 1.82) is 15.8 Å². The molecule has 0 saturated carbocycles. The first kappa shape index (κ1) is 61.7. The molecule has 0 unspecified atom stereocenters. The molecule has 0 aliphatic carbocycles. The molecule has 0 aromatic carbocycles. The van der Waals surface area contributed by atoms with Crippen LogP contribution in [0, 0.1) is 40.4 Å². The topological polar surface area (TPSA) is 111 Å². The monoisotopic (exact) mass is 210 g/mol. The molecule has 0 saturated heterocycles. The van der Waals surface area contributed by atoms with E-state index in [-0.39, 0.29) is 76.2 Å². The van der Waals surface area contributed by atoms with E-state index in [9.17, 15) is 0 Å². The molecule has 0 atom stereocenters. The van der Waals surface area contributed by atoms with Gasteiger partial charge < -0.3 is 46.0 Å². The summed E-state index contributed by atoms with van der Waals surface area (Å²) >= 11 is 0. The molecule has 0 N–H and O–H groups in total. The summed E-state index contributed by atoms with van der Waals surface area (Å²) in [4.78, 5) is 7.25. The molecule has 0 amide bonds. The van der Waals surface area contributed by atoms with Crippen molar-refractivity contribution >= 4 is 0 Å². The largest absolute Gasteiger partial charge is 2.00 e. The fraction of sp³-hybridized carbons (Fsp3) is 0. The van der Waals surface area contributed by atoms with Crippen molar-refractivity contribution in [2.45, 2.75) is 0 Å². The molecule has 0 aliphatic rings. The van der Waals surface area contributed by atoms with Crippen LogP contribution >= 0.6 is 0 Å². The summed E-state index contributed by atoms with van der Waals surface area (Å²) in [5, 5.41) is 18.8. The van der Waals surface area contributed by atoms with Crippen molar-refractivity contribution in [3.63, 3.8) is 0 Å². The average molecular weight is 210 g/mol. The Morgan fingerprint density at radius 2 is 0.727 bits per heavy atom. The van der Waals surface area contributed by atoms with Crippen molar-refractivity contribution < 1.29 is 76.2 Å². The Hall–Kier alpha value is 0.589. The first-order valence-electron chi connectivity index (χ1n) is 0.853. The second-order valence-corrected chi connectivity index (χ2v) is 0. The molecule has 0 aliphatic heterocycles. The average Bonchev–Trinajstić information content (AvgIpc) is 2.03. The summed E-state index contributed by atoms with van der Waals surface area (Å²) in [5.74, 6) is 0. The summed E-state index contributed by atoms with van der Waals surface area (Å²) < 4.78 is 0. The van der Waals surface area contributed by atoms with Crippen molar-refractivity contribution in [2.24, 2.45) is 0 Å². The zero-order chi connectivity index (χ0) is 8.00. The Morgan fingerprint density at radius 3 is 0.727 bits per heavy atom. The van der Waals surface area contributed by atoms with Crippen LogP contribution in [0.4, 0.5) is 0 Å². The molecular formula is C3FeN4Na2O. The van der Waals surface area contributed by atoms with Crippen LogP contribution in [0.3, 0.4) is 0 Å². The zero-order valence-electron chi connectivity index (χ0n) is 6.05.